The van der Waals surface area contributed by atoms with Crippen molar-refractivity contribution in [3.63, 3.8) is 0 Å². The summed E-state index contributed by atoms with van der Waals surface area (Å²) in [5.41, 5.74) is 1.34. The first-order valence-electron chi connectivity index (χ1n) is 9.61. The highest BCUT2D eigenvalue weighted by Gasteiger charge is 2.23. The second-order valence-electron chi connectivity index (χ2n) is 7.48. The van der Waals surface area contributed by atoms with Crippen molar-refractivity contribution in [2.45, 2.75) is 19.3 Å². The SMILES string of the molecule is CN1CCN(CCC2CCN(C(=O)Nc3ccc(C#N)cc3)CC2)CC1. The monoisotopic (exact) mass is 355 g/mol. The predicted octanol–water partition coefficient (Wildman–Crippen LogP) is 2.44. The first kappa shape index (κ1) is 18.7. The van der Waals surface area contributed by atoms with Crippen molar-refractivity contribution in [3.8, 4) is 6.07 Å². The molecule has 2 aliphatic heterocycles. The maximum absolute atomic E-state index is 12.4. The molecule has 0 bridgehead atoms. The zero-order chi connectivity index (χ0) is 18.4. The van der Waals surface area contributed by atoms with E-state index in [1.165, 1.54) is 39.1 Å². The molecule has 1 aromatic carbocycles. The molecule has 26 heavy (non-hydrogen) atoms. The van der Waals surface area contributed by atoms with Crippen LogP contribution in [-0.2, 0) is 0 Å². The molecule has 6 nitrogen and oxygen atoms in total. The number of hydrogen-bond acceptors (Lipinski definition) is 4. The number of amides is 2. The number of carbonyl (C=O) groups excluding carboxylic acids is 1. The summed E-state index contributed by atoms with van der Waals surface area (Å²) in [6, 6.07) is 9.05. The Kier molecular flexibility index (Phi) is 6.48. The van der Waals surface area contributed by atoms with Crippen molar-refractivity contribution in [1.29, 1.82) is 5.26 Å². The van der Waals surface area contributed by atoms with Crippen LogP contribution in [0.1, 0.15) is 24.8 Å². The summed E-state index contributed by atoms with van der Waals surface area (Å²) in [5.74, 6) is 0.730. The van der Waals surface area contributed by atoms with E-state index in [2.05, 4.69) is 28.2 Å². The van der Waals surface area contributed by atoms with E-state index >= 15 is 0 Å². The first-order chi connectivity index (χ1) is 12.6. The number of nitriles is 1. The number of likely N-dealkylation sites (N-methyl/N-ethyl adjacent to an activating group) is 1. The summed E-state index contributed by atoms with van der Waals surface area (Å²) in [6.07, 6.45) is 3.43. The highest BCUT2D eigenvalue weighted by molar-refractivity contribution is 5.89. The minimum absolute atomic E-state index is 0.0350. The van der Waals surface area contributed by atoms with E-state index in [1.54, 1.807) is 24.3 Å². The Morgan fingerprint density at radius 3 is 2.38 bits per heavy atom. The van der Waals surface area contributed by atoms with Gasteiger partial charge in [-0.05, 0) is 63.0 Å². The lowest BCUT2D eigenvalue weighted by atomic mass is 9.93. The standard InChI is InChI=1S/C20H29N5O/c1-23-12-14-24(15-13-23)9-6-17-7-10-25(11-8-17)20(26)22-19-4-2-18(16-21)3-5-19/h2-5,17H,6-15H2,1H3,(H,22,26). The number of piperazine rings is 1. The van der Waals surface area contributed by atoms with Crippen LogP contribution in [0, 0.1) is 17.2 Å². The lowest BCUT2D eigenvalue weighted by Gasteiger charge is -2.35. The normalized spacial score (nSPS) is 19.9. The smallest absolute Gasteiger partial charge is 0.321 e. The van der Waals surface area contributed by atoms with Gasteiger partial charge in [-0.3, -0.25) is 0 Å². The molecule has 0 aromatic heterocycles. The van der Waals surface area contributed by atoms with Crippen LogP contribution in [0.5, 0.6) is 0 Å². The van der Waals surface area contributed by atoms with Gasteiger partial charge in [0.25, 0.3) is 0 Å². The van der Waals surface area contributed by atoms with Crippen LogP contribution in [0.15, 0.2) is 24.3 Å². The minimum Gasteiger partial charge on any atom is -0.325 e. The van der Waals surface area contributed by atoms with Crippen molar-refractivity contribution >= 4 is 11.7 Å². The lowest BCUT2D eigenvalue weighted by molar-refractivity contribution is 0.134. The van der Waals surface area contributed by atoms with Gasteiger partial charge in [-0.25, -0.2) is 4.79 Å². The Morgan fingerprint density at radius 2 is 1.77 bits per heavy atom. The average molecular weight is 355 g/mol. The zero-order valence-electron chi connectivity index (χ0n) is 15.7. The van der Waals surface area contributed by atoms with E-state index in [0.717, 1.165) is 37.5 Å². The van der Waals surface area contributed by atoms with E-state index < -0.39 is 0 Å². The molecule has 0 radical (unpaired) electrons. The van der Waals surface area contributed by atoms with Gasteiger partial charge in [-0.1, -0.05) is 0 Å². The number of carbonyl (C=O) groups is 1. The van der Waals surface area contributed by atoms with Gasteiger partial charge >= 0.3 is 6.03 Å². The molecule has 2 aliphatic rings. The van der Waals surface area contributed by atoms with Gasteiger partial charge in [0.2, 0.25) is 0 Å². The van der Waals surface area contributed by atoms with Gasteiger partial charge in [0, 0.05) is 45.0 Å². The minimum atomic E-state index is -0.0350. The van der Waals surface area contributed by atoms with Gasteiger partial charge in [0.15, 0.2) is 0 Å². The molecular formula is C20H29N5O. The summed E-state index contributed by atoms with van der Waals surface area (Å²) < 4.78 is 0. The van der Waals surface area contributed by atoms with Crippen molar-refractivity contribution in [1.82, 2.24) is 14.7 Å². The molecule has 2 amide bonds. The highest BCUT2D eigenvalue weighted by atomic mass is 16.2. The van der Waals surface area contributed by atoms with E-state index in [0.29, 0.717) is 5.56 Å². The van der Waals surface area contributed by atoms with Crippen molar-refractivity contribution in [2.24, 2.45) is 5.92 Å². The van der Waals surface area contributed by atoms with Crippen LogP contribution in [0.2, 0.25) is 0 Å². The number of benzene rings is 1. The summed E-state index contributed by atoms with van der Waals surface area (Å²) in [7, 11) is 2.19. The van der Waals surface area contributed by atoms with Crippen LogP contribution in [0.25, 0.3) is 0 Å². The molecule has 1 aromatic rings. The molecule has 0 aliphatic carbocycles. The van der Waals surface area contributed by atoms with Crippen LogP contribution in [0.4, 0.5) is 10.5 Å². The fraction of sp³-hybridized carbons (Fsp3) is 0.600. The Balaban J connectivity index is 1.37. The second-order valence-corrected chi connectivity index (χ2v) is 7.48. The van der Waals surface area contributed by atoms with Gasteiger partial charge < -0.3 is 20.0 Å². The largest absolute Gasteiger partial charge is 0.325 e. The summed E-state index contributed by atoms with van der Waals surface area (Å²) >= 11 is 0. The van der Waals surface area contributed by atoms with Crippen molar-refractivity contribution < 1.29 is 4.79 Å². The van der Waals surface area contributed by atoms with Gasteiger partial charge in [0.1, 0.15) is 0 Å². The number of hydrogen-bond donors (Lipinski definition) is 1. The number of nitrogens with one attached hydrogen (secondary N) is 1. The summed E-state index contributed by atoms with van der Waals surface area (Å²) in [5, 5.41) is 11.8. The van der Waals surface area contributed by atoms with Crippen LogP contribution in [0.3, 0.4) is 0 Å². The Morgan fingerprint density at radius 1 is 1.12 bits per heavy atom. The molecular weight excluding hydrogens is 326 g/mol. The van der Waals surface area contributed by atoms with Crippen LogP contribution >= 0.6 is 0 Å². The Labute approximate surface area is 156 Å². The Hall–Kier alpha value is -2.10. The first-order valence-corrected chi connectivity index (χ1v) is 9.61. The van der Waals surface area contributed by atoms with E-state index in [1.807, 2.05) is 4.90 Å². The van der Waals surface area contributed by atoms with Crippen molar-refractivity contribution in [2.75, 3.05) is 58.2 Å². The fourth-order valence-corrected chi connectivity index (χ4v) is 3.69. The molecule has 0 unspecified atom stereocenters. The number of anilines is 1. The van der Waals surface area contributed by atoms with Crippen LogP contribution < -0.4 is 5.32 Å². The fourth-order valence-electron chi connectivity index (χ4n) is 3.69. The molecule has 0 spiro atoms. The maximum Gasteiger partial charge on any atom is 0.321 e. The molecule has 2 heterocycles. The molecule has 3 rings (SSSR count). The van der Waals surface area contributed by atoms with E-state index in [-0.39, 0.29) is 6.03 Å². The quantitative estimate of drug-likeness (QED) is 0.901. The topological polar surface area (TPSA) is 62.6 Å². The predicted molar refractivity (Wildman–Crippen MR) is 103 cm³/mol. The molecule has 2 saturated heterocycles. The third-order valence-corrected chi connectivity index (χ3v) is 5.62. The maximum atomic E-state index is 12.4. The molecule has 140 valence electrons. The lowest BCUT2D eigenvalue weighted by Crippen LogP contribution is -2.45. The molecule has 6 heteroatoms. The van der Waals surface area contributed by atoms with Gasteiger partial charge in [-0.2, -0.15) is 5.26 Å². The second kappa shape index (κ2) is 9.02. The van der Waals surface area contributed by atoms with Gasteiger partial charge in [-0.15, -0.1) is 0 Å². The van der Waals surface area contributed by atoms with Crippen LogP contribution in [-0.4, -0.2) is 73.6 Å². The Bertz CT molecular complexity index is 623. The molecule has 2 fully saturated rings. The number of piperidine rings is 1. The summed E-state index contributed by atoms with van der Waals surface area (Å²) in [6.45, 7) is 7.56. The van der Waals surface area contributed by atoms with E-state index in [4.69, 9.17) is 5.26 Å². The van der Waals surface area contributed by atoms with E-state index in [9.17, 15) is 4.79 Å². The highest BCUT2D eigenvalue weighted by Crippen LogP contribution is 2.22. The summed E-state index contributed by atoms with van der Waals surface area (Å²) in [4.78, 5) is 19.3. The number of rotatable bonds is 4. The molecule has 1 N–H and O–H groups in total. The molecule has 0 atom stereocenters. The number of nitrogens with zero attached hydrogens (tertiary/aromatic N) is 4. The molecule has 0 saturated carbocycles. The number of likely N-dealkylation sites (tertiary alicyclic amines) is 1. The third kappa shape index (κ3) is 5.20. The average Bonchev–Trinajstić information content (AvgIpc) is 2.68. The van der Waals surface area contributed by atoms with Gasteiger partial charge in [0.05, 0.1) is 11.6 Å². The van der Waals surface area contributed by atoms with Crippen molar-refractivity contribution in [3.05, 3.63) is 29.8 Å². The number of urea groups is 1. The third-order valence-electron chi connectivity index (χ3n) is 5.62. The zero-order valence-corrected chi connectivity index (χ0v) is 15.7.